The number of rotatable bonds is 3. The molecule has 0 bridgehead atoms. The number of nitrogens with zero attached hydrogens (tertiary/aromatic N) is 2. The summed E-state index contributed by atoms with van der Waals surface area (Å²) in [4.78, 5) is 17.9. The predicted molar refractivity (Wildman–Crippen MR) is 83.7 cm³/mol. The molecule has 0 radical (unpaired) electrons. The Morgan fingerprint density at radius 3 is 2.73 bits per heavy atom. The average molecular weight is 307 g/mol. The van der Waals surface area contributed by atoms with Crippen molar-refractivity contribution in [2.45, 2.75) is 51.9 Å². The number of hydrogen-bond donors (Lipinski definition) is 1. The summed E-state index contributed by atoms with van der Waals surface area (Å²) >= 11 is 0. The normalized spacial score (nSPS) is 19.9. The van der Waals surface area contributed by atoms with Gasteiger partial charge in [-0.15, -0.1) is 0 Å². The fourth-order valence-corrected chi connectivity index (χ4v) is 2.24. The average Bonchev–Trinajstić information content (AvgIpc) is 2.86. The lowest BCUT2D eigenvalue weighted by Crippen LogP contribution is -2.36. The number of nitrogens with two attached hydrogens (primary N) is 1. The van der Waals surface area contributed by atoms with Crippen LogP contribution < -0.4 is 10.5 Å². The molecule has 2 rings (SSSR count). The van der Waals surface area contributed by atoms with Crippen molar-refractivity contribution in [2.24, 2.45) is 5.73 Å². The van der Waals surface area contributed by atoms with E-state index in [4.69, 9.17) is 15.2 Å². The predicted octanol–water partition coefficient (Wildman–Crippen LogP) is 2.49. The van der Waals surface area contributed by atoms with Gasteiger partial charge < -0.3 is 20.1 Å². The molecule has 2 atom stereocenters. The van der Waals surface area contributed by atoms with Gasteiger partial charge in [0, 0.05) is 19.0 Å². The highest BCUT2D eigenvalue weighted by Crippen LogP contribution is 2.20. The van der Waals surface area contributed by atoms with E-state index in [1.807, 2.05) is 39.8 Å². The summed E-state index contributed by atoms with van der Waals surface area (Å²) in [7, 11) is 0. The van der Waals surface area contributed by atoms with Crippen LogP contribution in [0.4, 0.5) is 4.79 Å². The van der Waals surface area contributed by atoms with Crippen LogP contribution in [0.3, 0.4) is 0 Å². The molecule has 1 fully saturated rings. The fraction of sp³-hybridized carbons (Fsp3) is 0.625. The molecule has 1 aromatic heterocycles. The van der Waals surface area contributed by atoms with Crippen molar-refractivity contribution in [1.82, 2.24) is 9.88 Å². The molecule has 0 spiro atoms. The lowest BCUT2D eigenvalue weighted by molar-refractivity contribution is 0.0275. The molecule has 122 valence electrons. The van der Waals surface area contributed by atoms with E-state index in [2.05, 4.69) is 4.98 Å². The maximum absolute atomic E-state index is 12.0. The Morgan fingerprint density at radius 2 is 2.18 bits per heavy atom. The highest BCUT2D eigenvalue weighted by molar-refractivity contribution is 5.68. The standard InChI is InChI=1S/C16H25N3O3/c1-11(17)14-6-5-12(9-18-14)21-13-7-8-19(10-13)15(20)22-16(2,3)4/h5-6,9,11,13H,7-8,10,17H2,1-4H3/t11?,13-/m0/s1. The van der Waals surface area contributed by atoms with Crippen molar-refractivity contribution in [3.8, 4) is 5.75 Å². The molecule has 22 heavy (non-hydrogen) atoms. The largest absolute Gasteiger partial charge is 0.487 e. The van der Waals surface area contributed by atoms with Crippen LogP contribution in [0, 0.1) is 0 Å². The summed E-state index contributed by atoms with van der Waals surface area (Å²) in [6.07, 6.45) is 2.14. The highest BCUT2D eigenvalue weighted by Gasteiger charge is 2.30. The number of pyridine rings is 1. The van der Waals surface area contributed by atoms with Crippen molar-refractivity contribution in [3.05, 3.63) is 24.0 Å². The lowest BCUT2D eigenvalue weighted by Gasteiger charge is -2.24. The van der Waals surface area contributed by atoms with Crippen molar-refractivity contribution in [1.29, 1.82) is 0 Å². The van der Waals surface area contributed by atoms with Crippen LogP contribution in [-0.2, 0) is 4.74 Å². The Bertz CT molecular complexity index is 508. The summed E-state index contributed by atoms with van der Waals surface area (Å²) in [6.45, 7) is 8.65. The van der Waals surface area contributed by atoms with E-state index in [0.717, 1.165) is 12.1 Å². The highest BCUT2D eigenvalue weighted by atomic mass is 16.6. The van der Waals surface area contributed by atoms with Gasteiger partial charge in [-0.05, 0) is 39.8 Å². The zero-order valence-electron chi connectivity index (χ0n) is 13.7. The molecular formula is C16H25N3O3. The smallest absolute Gasteiger partial charge is 0.410 e. The summed E-state index contributed by atoms with van der Waals surface area (Å²) in [5.74, 6) is 0.695. The van der Waals surface area contributed by atoms with Crippen LogP contribution in [0.1, 0.15) is 45.9 Å². The molecule has 1 saturated heterocycles. The first-order valence-electron chi connectivity index (χ1n) is 7.61. The van der Waals surface area contributed by atoms with Gasteiger partial charge in [-0.3, -0.25) is 4.98 Å². The van der Waals surface area contributed by atoms with Gasteiger partial charge in [0.05, 0.1) is 18.4 Å². The second-order valence-electron chi connectivity index (χ2n) is 6.66. The number of aromatic nitrogens is 1. The second kappa shape index (κ2) is 6.52. The van der Waals surface area contributed by atoms with Crippen LogP contribution in [-0.4, -0.2) is 40.8 Å². The number of carbonyl (C=O) groups is 1. The molecule has 2 heterocycles. The van der Waals surface area contributed by atoms with Gasteiger partial charge >= 0.3 is 6.09 Å². The first-order valence-corrected chi connectivity index (χ1v) is 7.61. The van der Waals surface area contributed by atoms with E-state index in [9.17, 15) is 4.79 Å². The molecule has 1 amide bonds. The van der Waals surface area contributed by atoms with Crippen molar-refractivity contribution in [3.63, 3.8) is 0 Å². The van der Waals surface area contributed by atoms with E-state index in [1.54, 1.807) is 11.1 Å². The van der Waals surface area contributed by atoms with E-state index < -0.39 is 5.60 Å². The minimum Gasteiger partial charge on any atom is -0.487 e. The summed E-state index contributed by atoms with van der Waals surface area (Å²) in [5.41, 5.74) is 6.12. The third-order valence-corrected chi connectivity index (χ3v) is 3.33. The zero-order valence-corrected chi connectivity index (χ0v) is 13.7. The number of carbonyl (C=O) groups excluding carboxylic acids is 1. The third kappa shape index (κ3) is 4.59. The first kappa shape index (κ1) is 16.5. The van der Waals surface area contributed by atoms with Gasteiger partial charge in [0.2, 0.25) is 0 Å². The fourth-order valence-electron chi connectivity index (χ4n) is 2.24. The van der Waals surface area contributed by atoms with Crippen LogP contribution in [0.15, 0.2) is 18.3 Å². The molecule has 1 aliphatic rings. The summed E-state index contributed by atoms with van der Waals surface area (Å²) < 4.78 is 11.2. The van der Waals surface area contributed by atoms with Crippen molar-refractivity contribution < 1.29 is 14.3 Å². The van der Waals surface area contributed by atoms with Crippen LogP contribution >= 0.6 is 0 Å². The molecule has 0 aliphatic carbocycles. The first-order chi connectivity index (χ1) is 10.2. The van der Waals surface area contributed by atoms with E-state index in [0.29, 0.717) is 18.8 Å². The maximum Gasteiger partial charge on any atom is 0.410 e. The molecule has 0 aromatic carbocycles. The van der Waals surface area contributed by atoms with Gasteiger partial charge in [-0.25, -0.2) is 4.79 Å². The van der Waals surface area contributed by atoms with Gasteiger partial charge in [-0.1, -0.05) is 0 Å². The quantitative estimate of drug-likeness (QED) is 0.928. The van der Waals surface area contributed by atoms with E-state index in [1.165, 1.54) is 0 Å². The Kier molecular flexibility index (Phi) is 4.90. The lowest BCUT2D eigenvalue weighted by atomic mass is 10.2. The molecule has 1 unspecified atom stereocenters. The number of hydrogen-bond acceptors (Lipinski definition) is 5. The Balaban J connectivity index is 1.87. The third-order valence-electron chi connectivity index (χ3n) is 3.33. The molecule has 0 saturated carbocycles. The molecule has 6 heteroatoms. The Hall–Kier alpha value is -1.82. The summed E-state index contributed by atoms with van der Waals surface area (Å²) in [6, 6.07) is 3.63. The monoisotopic (exact) mass is 307 g/mol. The van der Waals surface area contributed by atoms with Crippen LogP contribution in [0.2, 0.25) is 0 Å². The molecule has 6 nitrogen and oxygen atoms in total. The van der Waals surface area contributed by atoms with Gasteiger partial charge in [0.1, 0.15) is 17.5 Å². The van der Waals surface area contributed by atoms with Crippen LogP contribution in [0.25, 0.3) is 0 Å². The molecular weight excluding hydrogens is 282 g/mol. The minimum atomic E-state index is -0.477. The molecule has 1 aliphatic heterocycles. The zero-order chi connectivity index (χ0) is 16.3. The van der Waals surface area contributed by atoms with Gasteiger partial charge in [0.15, 0.2) is 0 Å². The Morgan fingerprint density at radius 1 is 1.45 bits per heavy atom. The number of amides is 1. The second-order valence-corrected chi connectivity index (χ2v) is 6.66. The summed E-state index contributed by atoms with van der Waals surface area (Å²) in [5, 5.41) is 0. The van der Waals surface area contributed by atoms with Crippen molar-refractivity contribution >= 4 is 6.09 Å². The number of likely N-dealkylation sites (tertiary alicyclic amines) is 1. The Labute approximate surface area is 131 Å². The van der Waals surface area contributed by atoms with Gasteiger partial charge in [-0.2, -0.15) is 0 Å². The van der Waals surface area contributed by atoms with Crippen LogP contribution in [0.5, 0.6) is 5.75 Å². The number of ether oxygens (including phenoxy) is 2. The molecule has 2 N–H and O–H groups in total. The minimum absolute atomic E-state index is 0.0320. The SMILES string of the molecule is CC(N)c1ccc(O[C@H]2CCN(C(=O)OC(C)(C)C)C2)cn1. The molecule has 1 aromatic rings. The topological polar surface area (TPSA) is 77.7 Å². The van der Waals surface area contributed by atoms with Gasteiger partial charge in [0.25, 0.3) is 0 Å². The van der Waals surface area contributed by atoms with Crippen molar-refractivity contribution in [2.75, 3.05) is 13.1 Å². The maximum atomic E-state index is 12.0. The van der Waals surface area contributed by atoms with E-state index >= 15 is 0 Å². The van der Waals surface area contributed by atoms with E-state index in [-0.39, 0.29) is 18.2 Å².